The fourth-order valence-electron chi connectivity index (χ4n) is 4.64. The predicted octanol–water partition coefficient (Wildman–Crippen LogP) is 3.89. The number of methoxy groups -OCH3 is 1. The quantitative estimate of drug-likeness (QED) is 0.427. The van der Waals surface area contributed by atoms with Gasteiger partial charge in [-0.2, -0.15) is 0 Å². The minimum atomic E-state index is 0.0200. The normalized spacial score (nSPS) is 15.7. The van der Waals surface area contributed by atoms with Gasteiger partial charge in [0.05, 0.1) is 19.0 Å². The fraction of sp³-hybridized carbons (Fsp3) is 0.296. The second kappa shape index (κ2) is 10.0. The summed E-state index contributed by atoms with van der Waals surface area (Å²) in [6.07, 6.45) is 11.4. The van der Waals surface area contributed by atoms with Gasteiger partial charge in [-0.3, -0.25) is 14.8 Å². The molecule has 1 aromatic carbocycles. The molecule has 35 heavy (non-hydrogen) atoms. The minimum Gasteiger partial charge on any atom is -0.496 e. The molecule has 1 saturated heterocycles. The van der Waals surface area contributed by atoms with Crippen molar-refractivity contribution in [3.05, 3.63) is 89.9 Å². The van der Waals surface area contributed by atoms with E-state index in [2.05, 4.69) is 15.0 Å². The number of benzene rings is 1. The largest absolute Gasteiger partial charge is 0.496 e. The van der Waals surface area contributed by atoms with Crippen molar-refractivity contribution in [3.8, 4) is 17.3 Å². The molecule has 4 heterocycles. The third-order valence-corrected chi connectivity index (χ3v) is 6.46. The van der Waals surface area contributed by atoms with Crippen molar-refractivity contribution in [1.29, 1.82) is 0 Å². The summed E-state index contributed by atoms with van der Waals surface area (Å²) < 4.78 is 7.39. The lowest BCUT2D eigenvalue weighted by atomic mass is 9.94. The Labute approximate surface area is 204 Å². The number of carbonyl (C=O) groups excluding carboxylic acids is 1. The van der Waals surface area contributed by atoms with Crippen molar-refractivity contribution in [2.24, 2.45) is 7.05 Å². The molecular weight excluding hydrogens is 440 g/mol. The first kappa shape index (κ1) is 22.7. The Balaban J connectivity index is 1.32. The molecule has 1 atom stereocenters. The van der Waals surface area contributed by atoms with Gasteiger partial charge in [0.2, 0.25) is 0 Å². The summed E-state index contributed by atoms with van der Waals surface area (Å²) in [5.74, 6) is 1.75. The number of aryl methyl sites for hydroxylation is 1. The first-order chi connectivity index (χ1) is 17.1. The van der Waals surface area contributed by atoms with Gasteiger partial charge in [-0.15, -0.1) is 0 Å². The molecule has 3 aromatic heterocycles. The Morgan fingerprint density at radius 3 is 2.86 bits per heavy atom. The van der Waals surface area contributed by atoms with Crippen LogP contribution in [0.3, 0.4) is 0 Å². The smallest absolute Gasteiger partial charge is 0.253 e. The lowest BCUT2D eigenvalue weighted by molar-refractivity contribution is 0.0705. The molecule has 0 bridgehead atoms. The topological polar surface area (TPSA) is 86.0 Å². The van der Waals surface area contributed by atoms with Crippen LogP contribution in [0.2, 0.25) is 0 Å². The van der Waals surface area contributed by atoms with E-state index in [0.717, 1.165) is 53.6 Å². The maximum Gasteiger partial charge on any atom is 0.253 e. The van der Waals surface area contributed by atoms with Crippen molar-refractivity contribution in [3.63, 3.8) is 0 Å². The number of aromatic nitrogens is 5. The van der Waals surface area contributed by atoms with Crippen molar-refractivity contribution in [2.45, 2.75) is 25.2 Å². The van der Waals surface area contributed by atoms with Crippen LogP contribution in [-0.4, -0.2) is 55.5 Å². The number of para-hydroxylation sites is 1. The molecule has 4 aromatic rings. The lowest BCUT2D eigenvalue weighted by Crippen LogP contribution is -2.39. The molecule has 1 fully saturated rings. The maximum absolute atomic E-state index is 13.4. The number of ether oxygens (including phenoxy) is 1. The van der Waals surface area contributed by atoms with Crippen molar-refractivity contribution < 1.29 is 9.53 Å². The van der Waals surface area contributed by atoms with E-state index in [9.17, 15) is 4.79 Å². The zero-order chi connectivity index (χ0) is 24.2. The predicted molar refractivity (Wildman–Crippen MR) is 132 cm³/mol. The third-order valence-electron chi connectivity index (χ3n) is 6.46. The van der Waals surface area contributed by atoms with Crippen LogP contribution >= 0.6 is 0 Å². The number of carbonyl (C=O) groups is 1. The number of imidazole rings is 1. The van der Waals surface area contributed by atoms with E-state index in [0.29, 0.717) is 18.5 Å². The highest BCUT2D eigenvalue weighted by Crippen LogP contribution is 2.28. The Hall–Kier alpha value is -4.07. The van der Waals surface area contributed by atoms with Crippen LogP contribution in [0.4, 0.5) is 0 Å². The standard InChI is InChI=1S/C27H28N6O2/c1-32-13-11-30-26(32)24-17-28-16-23(31-24)21-7-5-12-33(18-21)27(34)20-9-10-29-22(15-20)14-19-6-3-4-8-25(19)35-2/h3-4,6,8-11,13,15-17,21H,5,7,12,14,18H2,1-2H3/t21-/m0/s1. The molecule has 0 aliphatic carbocycles. The molecule has 178 valence electrons. The average molecular weight is 469 g/mol. The summed E-state index contributed by atoms with van der Waals surface area (Å²) in [5.41, 5.74) is 4.17. The van der Waals surface area contributed by atoms with Gasteiger partial charge in [-0.1, -0.05) is 18.2 Å². The van der Waals surface area contributed by atoms with Crippen LogP contribution in [0, 0.1) is 0 Å². The van der Waals surface area contributed by atoms with E-state index < -0.39 is 0 Å². The van der Waals surface area contributed by atoms with Gasteiger partial charge in [0.25, 0.3) is 5.91 Å². The second-order valence-electron chi connectivity index (χ2n) is 8.81. The zero-order valence-electron chi connectivity index (χ0n) is 20.0. The Kier molecular flexibility index (Phi) is 6.52. The van der Waals surface area contributed by atoms with E-state index in [1.165, 1.54) is 0 Å². The fourth-order valence-corrected chi connectivity index (χ4v) is 4.64. The molecular formula is C27H28N6O2. The van der Waals surface area contributed by atoms with E-state index in [4.69, 9.17) is 9.72 Å². The van der Waals surface area contributed by atoms with Gasteiger partial charge >= 0.3 is 0 Å². The van der Waals surface area contributed by atoms with Crippen LogP contribution in [0.15, 0.2) is 67.4 Å². The Morgan fingerprint density at radius 2 is 2.03 bits per heavy atom. The molecule has 0 spiro atoms. The molecule has 1 amide bonds. The highest BCUT2D eigenvalue weighted by Gasteiger charge is 2.27. The minimum absolute atomic E-state index is 0.0200. The molecule has 8 nitrogen and oxygen atoms in total. The zero-order valence-corrected chi connectivity index (χ0v) is 20.0. The van der Waals surface area contributed by atoms with Crippen molar-refractivity contribution >= 4 is 5.91 Å². The molecule has 1 aliphatic heterocycles. The summed E-state index contributed by atoms with van der Waals surface area (Å²) >= 11 is 0. The van der Waals surface area contributed by atoms with Crippen molar-refractivity contribution in [1.82, 2.24) is 29.4 Å². The lowest BCUT2D eigenvalue weighted by Gasteiger charge is -2.32. The molecule has 1 aliphatic rings. The van der Waals surface area contributed by atoms with Gasteiger partial charge < -0.3 is 14.2 Å². The van der Waals surface area contributed by atoms with Gasteiger partial charge in [-0.25, -0.2) is 9.97 Å². The summed E-state index contributed by atoms with van der Waals surface area (Å²) in [6.45, 7) is 1.34. The summed E-state index contributed by atoms with van der Waals surface area (Å²) in [5, 5.41) is 0. The van der Waals surface area contributed by atoms with E-state index in [1.54, 1.807) is 31.8 Å². The van der Waals surface area contributed by atoms with Gasteiger partial charge in [0.1, 0.15) is 11.4 Å². The van der Waals surface area contributed by atoms with E-state index in [1.807, 2.05) is 59.2 Å². The highest BCUT2D eigenvalue weighted by molar-refractivity contribution is 5.94. The van der Waals surface area contributed by atoms with Gasteiger partial charge in [0, 0.05) is 74.1 Å². The summed E-state index contributed by atoms with van der Waals surface area (Å²) in [6, 6.07) is 11.6. The number of pyridine rings is 1. The second-order valence-corrected chi connectivity index (χ2v) is 8.81. The SMILES string of the molecule is COc1ccccc1Cc1cc(C(=O)N2CCC[C@H](c3cncc(-c4nccn4C)n3)C2)ccn1. The highest BCUT2D eigenvalue weighted by atomic mass is 16.5. The van der Waals surface area contributed by atoms with Gasteiger partial charge in [0.15, 0.2) is 5.82 Å². The third kappa shape index (κ3) is 4.91. The summed E-state index contributed by atoms with van der Waals surface area (Å²) in [7, 11) is 3.60. The number of rotatable bonds is 6. The number of nitrogens with zero attached hydrogens (tertiary/aromatic N) is 6. The number of hydrogen-bond acceptors (Lipinski definition) is 6. The van der Waals surface area contributed by atoms with Gasteiger partial charge in [-0.05, 0) is 31.0 Å². The van der Waals surface area contributed by atoms with Crippen LogP contribution in [-0.2, 0) is 13.5 Å². The number of piperidine rings is 1. The molecule has 0 unspecified atom stereocenters. The molecule has 5 rings (SSSR count). The van der Waals surface area contributed by atoms with Crippen LogP contribution in [0.5, 0.6) is 5.75 Å². The first-order valence-electron chi connectivity index (χ1n) is 11.8. The molecule has 0 radical (unpaired) electrons. The molecule has 0 saturated carbocycles. The van der Waals surface area contributed by atoms with E-state index in [-0.39, 0.29) is 11.8 Å². The van der Waals surface area contributed by atoms with Crippen LogP contribution in [0.25, 0.3) is 11.5 Å². The first-order valence-corrected chi connectivity index (χ1v) is 11.8. The number of likely N-dealkylation sites (tertiary alicyclic amines) is 1. The maximum atomic E-state index is 13.4. The summed E-state index contributed by atoms with van der Waals surface area (Å²) in [4.78, 5) is 33.5. The molecule has 8 heteroatoms. The van der Waals surface area contributed by atoms with Crippen LogP contribution in [0.1, 0.15) is 46.1 Å². The average Bonchev–Trinajstić information content (AvgIpc) is 3.34. The van der Waals surface area contributed by atoms with E-state index >= 15 is 0 Å². The monoisotopic (exact) mass is 468 g/mol. The molecule has 0 N–H and O–H groups in total. The van der Waals surface area contributed by atoms with Crippen molar-refractivity contribution in [2.75, 3.05) is 20.2 Å². The number of hydrogen-bond donors (Lipinski definition) is 0. The number of amides is 1. The Bertz CT molecular complexity index is 1330. The van der Waals surface area contributed by atoms with Crippen LogP contribution < -0.4 is 4.74 Å². The Morgan fingerprint density at radius 1 is 1.14 bits per heavy atom.